The van der Waals surface area contributed by atoms with Crippen LogP contribution in [-0.2, 0) is 16.0 Å². The zero-order chi connectivity index (χ0) is 13.2. The van der Waals surface area contributed by atoms with Crippen LogP contribution in [0.1, 0.15) is 11.1 Å². The topological polar surface area (TPSA) is 50.4 Å². The normalized spacial score (nSPS) is 10.3. The summed E-state index contributed by atoms with van der Waals surface area (Å²) in [4.78, 5) is 11.4. The third kappa shape index (κ3) is 5.80. The Morgan fingerprint density at radius 2 is 2.06 bits per heavy atom. The molecule has 0 aliphatic carbocycles. The number of benzene rings is 1. The lowest BCUT2D eigenvalue weighted by molar-refractivity contribution is -0.120. The van der Waals surface area contributed by atoms with Crippen molar-refractivity contribution in [3.63, 3.8) is 0 Å². The molecule has 4 heteroatoms. The Balaban J connectivity index is 2.12. The SMILES string of the molecule is COCCNC(=O)CNCCc1ccccc1C. The molecular formula is C14H22N2O2. The molecule has 0 unspecified atom stereocenters. The molecule has 1 aromatic rings. The van der Waals surface area contributed by atoms with Crippen LogP contribution >= 0.6 is 0 Å². The van der Waals surface area contributed by atoms with Crippen molar-refractivity contribution in [2.75, 3.05) is 33.4 Å². The summed E-state index contributed by atoms with van der Waals surface area (Å²) in [6.07, 6.45) is 0.942. The highest BCUT2D eigenvalue weighted by molar-refractivity contribution is 5.77. The molecule has 0 saturated carbocycles. The number of rotatable bonds is 8. The summed E-state index contributed by atoms with van der Waals surface area (Å²) in [5, 5.41) is 5.90. The molecule has 0 aromatic heterocycles. The first-order valence-electron chi connectivity index (χ1n) is 6.25. The van der Waals surface area contributed by atoms with Gasteiger partial charge in [0, 0.05) is 13.7 Å². The van der Waals surface area contributed by atoms with Crippen LogP contribution in [0.4, 0.5) is 0 Å². The molecule has 1 rings (SSSR count). The molecule has 0 heterocycles. The molecule has 2 N–H and O–H groups in total. The molecule has 0 fully saturated rings. The predicted molar refractivity (Wildman–Crippen MR) is 72.6 cm³/mol. The maximum Gasteiger partial charge on any atom is 0.234 e. The minimum Gasteiger partial charge on any atom is -0.383 e. The second-order valence-electron chi connectivity index (χ2n) is 4.20. The van der Waals surface area contributed by atoms with E-state index in [-0.39, 0.29) is 5.91 Å². The monoisotopic (exact) mass is 250 g/mol. The Labute approximate surface area is 109 Å². The van der Waals surface area contributed by atoms with Crippen molar-refractivity contribution < 1.29 is 9.53 Å². The van der Waals surface area contributed by atoms with Crippen molar-refractivity contribution in [2.45, 2.75) is 13.3 Å². The summed E-state index contributed by atoms with van der Waals surface area (Å²) < 4.78 is 4.85. The summed E-state index contributed by atoms with van der Waals surface area (Å²) in [7, 11) is 1.62. The summed E-state index contributed by atoms with van der Waals surface area (Å²) in [6, 6.07) is 8.30. The highest BCUT2D eigenvalue weighted by Crippen LogP contribution is 2.06. The molecule has 0 radical (unpaired) electrons. The smallest absolute Gasteiger partial charge is 0.234 e. The number of methoxy groups -OCH3 is 1. The van der Waals surface area contributed by atoms with E-state index in [1.54, 1.807) is 7.11 Å². The van der Waals surface area contributed by atoms with E-state index in [1.165, 1.54) is 11.1 Å². The quantitative estimate of drug-likeness (QED) is 0.674. The number of amides is 1. The molecule has 0 aliphatic heterocycles. The minimum atomic E-state index is 0.0110. The maximum absolute atomic E-state index is 11.4. The average molecular weight is 250 g/mol. The van der Waals surface area contributed by atoms with E-state index in [1.807, 2.05) is 12.1 Å². The lowest BCUT2D eigenvalue weighted by Crippen LogP contribution is -2.36. The van der Waals surface area contributed by atoms with Crippen LogP contribution in [0.3, 0.4) is 0 Å². The zero-order valence-corrected chi connectivity index (χ0v) is 11.2. The number of nitrogens with one attached hydrogen (secondary N) is 2. The largest absolute Gasteiger partial charge is 0.383 e. The van der Waals surface area contributed by atoms with E-state index < -0.39 is 0 Å². The Bertz CT molecular complexity index is 367. The second-order valence-corrected chi connectivity index (χ2v) is 4.20. The number of hydrogen-bond donors (Lipinski definition) is 2. The van der Waals surface area contributed by atoms with Gasteiger partial charge in [0.15, 0.2) is 0 Å². The molecule has 1 amide bonds. The summed E-state index contributed by atoms with van der Waals surface area (Å²) in [6.45, 7) is 4.38. The fourth-order valence-corrected chi connectivity index (χ4v) is 1.67. The van der Waals surface area contributed by atoms with Crippen LogP contribution in [0.15, 0.2) is 24.3 Å². The molecule has 0 bridgehead atoms. The van der Waals surface area contributed by atoms with Crippen molar-refractivity contribution in [1.29, 1.82) is 0 Å². The number of ether oxygens (including phenoxy) is 1. The first kappa shape index (κ1) is 14.7. The van der Waals surface area contributed by atoms with Crippen LogP contribution in [0, 0.1) is 6.92 Å². The van der Waals surface area contributed by atoms with Crippen molar-refractivity contribution in [1.82, 2.24) is 10.6 Å². The third-order valence-corrected chi connectivity index (χ3v) is 2.75. The second kappa shape index (κ2) is 8.66. The van der Waals surface area contributed by atoms with Crippen LogP contribution in [0.25, 0.3) is 0 Å². The lowest BCUT2D eigenvalue weighted by atomic mass is 10.1. The predicted octanol–water partition coefficient (Wildman–Crippen LogP) is 0.890. The van der Waals surface area contributed by atoms with Gasteiger partial charge >= 0.3 is 0 Å². The van der Waals surface area contributed by atoms with E-state index in [9.17, 15) is 4.79 Å². The van der Waals surface area contributed by atoms with E-state index in [2.05, 4.69) is 29.7 Å². The molecule has 0 aliphatic rings. The van der Waals surface area contributed by atoms with Crippen molar-refractivity contribution >= 4 is 5.91 Å². The van der Waals surface area contributed by atoms with Gasteiger partial charge in [0.2, 0.25) is 5.91 Å². The Kier molecular flexibility index (Phi) is 7.06. The van der Waals surface area contributed by atoms with Gasteiger partial charge < -0.3 is 15.4 Å². The van der Waals surface area contributed by atoms with Crippen LogP contribution in [-0.4, -0.2) is 39.3 Å². The molecule has 1 aromatic carbocycles. The van der Waals surface area contributed by atoms with E-state index in [0.717, 1.165) is 13.0 Å². The minimum absolute atomic E-state index is 0.0110. The highest BCUT2D eigenvalue weighted by Gasteiger charge is 2.00. The van der Waals surface area contributed by atoms with E-state index in [0.29, 0.717) is 19.7 Å². The number of aryl methyl sites for hydroxylation is 1. The van der Waals surface area contributed by atoms with Crippen molar-refractivity contribution in [2.24, 2.45) is 0 Å². The van der Waals surface area contributed by atoms with Gasteiger partial charge in [0.1, 0.15) is 0 Å². The molecule has 100 valence electrons. The fraction of sp³-hybridized carbons (Fsp3) is 0.500. The summed E-state index contributed by atoms with van der Waals surface area (Å²) >= 11 is 0. The zero-order valence-electron chi connectivity index (χ0n) is 11.2. The molecule has 4 nitrogen and oxygen atoms in total. The van der Waals surface area contributed by atoms with Gasteiger partial charge in [-0.25, -0.2) is 0 Å². The van der Waals surface area contributed by atoms with Gasteiger partial charge in [0.05, 0.1) is 13.2 Å². The first-order valence-corrected chi connectivity index (χ1v) is 6.25. The molecule has 18 heavy (non-hydrogen) atoms. The summed E-state index contributed by atoms with van der Waals surface area (Å²) in [5.74, 6) is 0.0110. The van der Waals surface area contributed by atoms with Crippen LogP contribution < -0.4 is 10.6 Å². The van der Waals surface area contributed by atoms with E-state index in [4.69, 9.17) is 4.74 Å². The van der Waals surface area contributed by atoms with Gasteiger partial charge in [-0.2, -0.15) is 0 Å². The van der Waals surface area contributed by atoms with Gasteiger partial charge in [-0.15, -0.1) is 0 Å². The van der Waals surface area contributed by atoms with Gasteiger partial charge in [-0.3, -0.25) is 4.79 Å². The van der Waals surface area contributed by atoms with Crippen molar-refractivity contribution in [3.8, 4) is 0 Å². The van der Waals surface area contributed by atoms with Gasteiger partial charge in [-0.1, -0.05) is 24.3 Å². The first-order chi connectivity index (χ1) is 8.74. The summed E-state index contributed by atoms with van der Waals surface area (Å²) in [5.41, 5.74) is 2.62. The Morgan fingerprint density at radius 3 is 2.78 bits per heavy atom. The highest BCUT2D eigenvalue weighted by atomic mass is 16.5. The lowest BCUT2D eigenvalue weighted by Gasteiger charge is -2.07. The molecule has 0 saturated heterocycles. The Morgan fingerprint density at radius 1 is 1.28 bits per heavy atom. The number of carbonyl (C=O) groups excluding carboxylic acids is 1. The fourth-order valence-electron chi connectivity index (χ4n) is 1.67. The number of carbonyl (C=O) groups is 1. The molecular weight excluding hydrogens is 228 g/mol. The molecule has 0 atom stereocenters. The maximum atomic E-state index is 11.4. The average Bonchev–Trinajstić information content (AvgIpc) is 2.37. The van der Waals surface area contributed by atoms with Crippen molar-refractivity contribution in [3.05, 3.63) is 35.4 Å². The van der Waals surface area contributed by atoms with Crippen LogP contribution in [0.5, 0.6) is 0 Å². The number of hydrogen-bond acceptors (Lipinski definition) is 3. The van der Waals surface area contributed by atoms with Gasteiger partial charge in [0.25, 0.3) is 0 Å². The molecule has 0 spiro atoms. The van der Waals surface area contributed by atoms with E-state index >= 15 is 0 Å². The van der Waals surface area contributed by atoms with Crippen LogP contribution in [0.2, 0.25) is 0 Å². The van der Waals surface area contributed by atoms with Gasteiger partial charge in [-0.05, 0) is 31.0 Å². The third-order valence-electron chi connectivity index (χ3n) is 2.75. The Hall–Kier alpha value is -1.39. The standard InChI is InChI=1S/C14H22N2O2/c1-12-5-3-4-6-13(12)7-8-15-11-14(17)16-9-10-18-2/h3-6,15H,7-11H2,1-2H3,(H,16,17).